The van der Waals surface area contributed by atoms with Crippen LogP contribution >= 0.6 is 0 Å². The summed E-state index contributed by atoms with van der Waals surface area (Å²) in [5.74, 6) is -0.0651. The van der Waals surface area contributed by atoms with Crippen LogP contribution in [0, 0.1) is 0 Å². The highest BCUT2D eigenvalue weighted by atomic mass is 16.5. The topological polar surface area (TPSA) is 64.3 Å². The Bertz CT molecular complexity index is 353. The van der Waals surface area contributed by atoms with Gasteiger partial charge in [-0.25, -0.2) is 0 Å². The number of carbonyl (C=O) groups excluding carboxylic acids is 1. The Morgan fingerprint density at radius 2 is 2.31 bits per heavy atom. The number of ether oxygens (including phenoxy) is 1. The average Bonchev–Trinajstić information content (AvgIpc) is 2.28. The molecule has 4 heteroatoms. The lowest BCUT2D eigenvalue weighted by Crippen LogP contribution is -2.16. The lowest BCUT2D eigenvalue weighted by Gasteiger charge is -2.11. The molecule has 0 aliphatic rings. The van der Waals surface area contributed by atoms with Crippen LogP contribution in [-0.4, -0.2) is 19.6 Å². The number of benzene rings is 1. The lowest BCUT2D eigenvalue weighted by atomic mass is 10.1. The summed E-state index contributed by atoms with van der Waals surface area (Å²) in [7, 11) is 1.66. The van der Waals surface area contributed by atoms with Crippen molar-refractivity contribution in [2.75, 3.05) is 19.0 Å². The molecule has 1 atom stereocenters. The summed E-state index contributed by atoms with van der Waals surface area (Å²) >= 11 is 0. The highest BCUT2D eigenvalue weighted by Crippen LogP contribution is 2.19. The van der Waals surface area contributed by atoms with Crippen LogP contribution in [0.1, 0.15) is 25.0 Å². The van der Waals surface area contributed by atoms with Crippen LogP contribution in [0.3, 0.4) is 0 Å². The van der Waals surface area contributed by atoms with Crippen molar-refractivity contribution in [3.05, 3.63) is 29.8 Å². The first-order valence-corrected chi connectivity index (χ1v) is 5.30. The summed E-state index contributed by atoms with van der Waals surface area (Å²) in [5, 5.41) is 2.79. The number of anilines is 1. The average molecular weight is 222 g/mol. The fourth-order valence-electron chi connectivity index (χ4n) is 1.36. The maximum atomic E-state index is 11.3. The van der Waals surface area contributed by atoms with Crippen molar-refractivity contribution in [3.63, 3.8) is 0 Å². The molecule has 0 spiro atoms. The highest BCUT2D eigenvalue weighted by Gasteiger charge is 2.05. The first kappa shape index (κ1) is 12.7. The van der Waals surface area contributed by atoms with Crippen LogP contribution in [0.5, 0.6) is 0 Å². The minimum Gasteiger partial charge on any atom is -0.377 e. The number of hydrogen-bond donors (Lipinski definition) is 2. The SMILES string of the molecule is COC(C)c1cccc(NC(=O)CCN)c1. The molecule has 4 nitrogen and oxygen atoms in total. The molecule has 1 amide bonds. The predicted octanol–water partition coefficient (Wildman–Crippen LogP) is 1.68. The van der Waals surface area contributed by atoms with E-state index in [9.17, 15) is 4.79 Å². The summed E-state index contributed by atoms with van der Waals surface area (Å²) in [6.45, 7) is 2.32. The van der Waals surface area contributed by atoms with Crippen molar-refractivity contribution in [1.82, 2.24) is 0 Å². The summed E-state index contributed by atoms with van der Waals surface area (Å²) in [6.07, 6.45) is 0.357. The third-order valence-corrected chi connectivity index (χ3v) is 2.36. The Kier molecular flexibility index (Phi) is 4.95. The van der Waals surface area contributed by atoms with Gasteiger partial charge in [0.2, 0.25) is 5.91 Å². The number of carbonyl (C=O) groups is 1. The number of nitrogens with one attached hydrogen (secondary N) is 1. The van der Waals surface area contributed by atoms with Crippen LogP contribution in [0.15, 0.2) is 24.3 Å². The van der Waals surface area contributed by atoms with Gasteiger partial charge in [0, 0.05) is 25.8 Å². The minimum absolute atomic E-state index is 0.0198. The van der Waals surface area contributed by atoms with Crippen LogP contribution in [-0.2, 0) is 9.53 Å². The van der Waals surface area contributed by atoms with Crippen molar-refractivity contribution < 1.29 is 9.53 Å². The molecule has 0 fully saturated rings. The van der Waals surface area contributed by atoms with Gasteiger partial charge >= 0.3 is 0 Å². The Hall–Kier alpha value is -1.39. The van der Waals surface area contributed by atoms with E-state index in [0.717, 1.165) is 11.3 Å². The van der Waals surface area contributed by atoms with Gasteiger partial charge in [0.25, 0.3) is 0 Å². The Labute approximate surface area is 95.8 Å². The number of rotatable bonds is 5. The molecular weight excluding hydrogens is 204 g/mol. The van der Waals surface area contributed by atoms with E-state index in [4.69, 9.17) is 10.5 Å². The molecule has 3 N–H and O–H groups in total. The molecule has 0 saturated heterocycles. The molecule has 16 heavy (non-hydrogen) atoms. The van der Waals surface area contributed by atoms with Crippen molar-refractivity contribution >= 4 is 11.6 Å². The molecule has 0 heterocycles. The van der Waals surface area contributed by atoms with Gasteiger partial charge in [-0.2, -0.15) is 0 Å². The second-order valence-electron chi connectivity index (χ2n) is 3.59. The fraction of sp³-hybridized carbons (Fsp3) is 0.417. The van der Waals surface area contributed by atoms with Crippen LogP contribution in [0.4, 0.5) is 5.69 Å². The maximum absolute atomic E-state index is 11.3. The molecule has 1 rings (SSSR count). The van der Waals surface area contributed by atoms with E-state index in [0.29, 0.717) is 13.0 Å². The minimum atomic E-state index is -0.0651. The molecule has 0 aliphatic heterocycles. The van der Waals surface area contributed by atoms with Gasteiger partial charge in [0.15, 0.2) is 0 Å². The van der Waals surface area contributed by atoms with E-state index in [1.807, 2.05) is 31.2 Å². The smallest absolute Gasteiger partial charge is 0.225 e. The summed E-state index contributed by atoms with van der Waals surface area (Å²) in [6, 6.07) is 7.61. The summed E-state index contributed by atoms with van der Waals surface area (Å²) in [5.41, 5.74) is 7.11. The van der Waals surface area contributed by atoms with Gasteiger partial charge in [-0.05, 0) is 24.6 Å². The van der Waals surface area contributed by atoms with E-state index in [-0.39, 0.29) is 12.0 Å². The number of hydrogen-bond acceptors (Lipinski definition) is 3. The quantitative estimate of drug-likeness (QED) is 0.796. The third kappa shape index (κ3) is 3.64. The van der Waals surface area contributed by atoms with Gasteiger partial charge in [0.1, 0.15) is 0 Å². The normalized spacial score (nSPS) is 12.2. The van der Waals surface area contributed by atoms with Crippen molar-refractivity contribution in [2.45, 2.75) is 19.4 Å². The largest absolute Gasteiger partial charge is 0.377 e. The zero-order valence-electron chi connectivity index (χ0n) is 9.69. The maximum Gasteiger partial charge on any atom is 0.225 e. The monoisotopic (exact) mass is 222 g/mol. The van der Waals surface area contributed by atoms with Gasteiger partial charge in [-0.3, -0.25) is 4.79 Å². The van der Waals surface area contributed by atoms with Gasteiger partial charge < -0.3 is 15.8 Å². The van der Waals surface area contributed by atoms with E-state index in [1.54, 1.807) is 7.11 Å². The number of nitrogens with two attached hydrogens (primary N) is 1. The Morgan fingerprint density at radius 3 is 2.94 bits per heavy atom. The van der Waals surface area contributed by atoms with Crippen molar-refractivity contribution in [1.29, 1.82) is 0 Å². The van der Waals surface area contributed by atoms with Crippen LogP contribution in [0.25, 0.3) is 0 Å². The molecule has 1 aromatic rings. The van der Waals surface area contributed by atoms with E-state index in [2.05, 4.69) is 5.32 Å². The molecule has 0 bridgehead atoms. The molecule has 0 aromatic heterocycles. The molecule has 88 valence electrons. The highest BCUT2D eigenvalue weighted by molar-refractivity contribution is 5.90. The van der Waals surface area contributed by atoms with Crippen LogP contribution in [0.2, 0.25) is 0 Å². The third-order valence-electron chi connectivity index (χ3n) is 2.36. The predicted molar refractivity (Wildman–Crippen MR) is 64.2 cm³/mol. The second kappa shape index (κ2) is 6.25. The summed E-state index contributed by atoms with van der Waals surface area (Å²) < 4.78 is 5.21. The Balaban J connectivity index is 2.71. The first-order chi connectivity index (χ1) is 7.67. The molecular formula is C12H18N2O2. The van der Waals surface area contributed by atoms with E-state index < -0.39 is 0 Å². The molecule has 1 unspecified atom stereocenters. The van der Waals surface area contributed by atoms with Crippen LogP contribution < -0.4 is 11.1 Å². The Morgan fingerprint density at radius 1 is 1.56 bits per heavy atom. The van der Waals surface area contributed by atoms with Crippen molar-refractivity contribution in [2.24, 2.45) is 5.73 Å². The standard InChI is InChI=1S/C12H18N2O2/c1-9(16-2)10-4-3-5-11(8-10)14-12(15)6-7-13/h3-5,8-9H,6-7,13H2,1-2H3,(H,14,15). The second-order valence-corrected chi connectivity index (χ2v) is 3.59. The van der Waals surface area contributed by atoms with E-state index >= 15 is 0 Å². The zero-order valence-corrected chi connectivity index (χ0v) is 9.69. The first-order valence-electron chi connectivity index (χ1n) is 5.30. The zero-order chi connectivity index (χ0) is 12.0. The van der Waals surface area contributed by atoms with Gasteiger partial charge in [-0.1, -0.05) is 12.1 Å². The van der Waals surface area contributed by atoms with Crippen molar-refractivity contribution in [3.8, 4) is 0 Å². The van der Waals surface area contributed by atoms with Gasteiger partial charge in [0.05, 0.1) is 6.10 Å². The van der Waals surface area contributed by atoms with Gasteiger partial charge in [-0.15, -0.1) is 0 Å². The number of amides is 1. The molecule has 1 aromatic carbocycles. The summed E-state index contributed by atoms with van der Waals surface area (Å²) in [4.78, 5) is 11.3. The number of methoxy groups -OCH3 is 1. The molecule has 0 aliphatic carbocycles. The molecule has 0 saturated carbocycles. The lowest BCUT2D eigenvalue weighted by molar-refractivity contribution is -0.116. The fourth-order valence-corrected chi connectivity index (χ4v) is 1.36. The van der Waals surface area contributed by atoms with E-state index in [1.165, 1.54) is 0 Å². The molecule has 0 radical (unpaired) electrons.